The number of hydrazine groups is 1. The Hall–Kier alpha value is -3.28. The van der Waals surface area contributed by atoms with Gasteiger partial charge in [0.15, 0.2) is 11.6 Å². The van der Waals surface area contributed by atoms with Gasteiger partial charge in [-0.25, -0.2) is 20.2 Å². The summed E-state index contributed by atoms with van der Waals surface area (Å²) in [5.74, 6) is 7.08. The first-order valence-corrected chi connectivity index (χ1v) is 12.9. The Labute approximate surface area is 219 Å². The third kappa shape index (κ3) is 5.39. The van der Waals surface area contributed by atoms with Gasteiger partial charge in [-0.15, -0.1) is 0 Å². The number of benzene rings is 1. The second kappa shape index (κ2) is 10.6. The number of amides is 1. The average Bonchev–Trinajstić information content (AvgIpc) is 3.58. The predicted molar refractivity (Wildman–Crippen MR) is 141 cm³/mol. The van der Waals surface area contributed by atoms with Crippen LogP contribution in [0, 0.1) is 19.7 Å². The van der Waals surface area contributed by atoms with E-state index in [9.17, 15) is 4.79 Å². The Morgan fingerprint density at radius 3 is 2.70 bits per heavy atom. The molecule has 2 aliphatic rings. The molecule has 0 bridgehead atoms. The van der Waals surface area contributed by atoms with Crippen molar-refractivity contribution in [2.75, 3.05) is 30.0 Å². The number of aryl methyl sites for hydroxylation is 2. The van der Waals surface area contributed by atoms with E-state index in [4.69, 9.17) is 17.4 Å². The molecular formula is C25H31ClFN9O. The van der Waals surface area contributed by atoms with Crippen molar-refractivity contribution in [3.05, 3.63) is 52.1 Å². The van der Waals surface area contributed by atoms with Crippen LogP contribution < -0.4 is 21.5 Å². The lowest BCUT2D eigenvalue weighted by atomic mass is 9.86. The summed E-state index contributed by atoms with van der Waals surface area (Å²) >= 11 is 6.25. The van der Waals surface area contributed by atoms with Gasteiger partial charge >= 0.3 is 0 Å². The van der Waals surface area contributed by atoms with Gasteiger partial charge < -0.3 is 15.5 Å². The lowest BCUT2D eigenvalue weighted by Crippen LogP contribution is -2.46. The van der Waals surface area contributed by atoms with Crippen molar-refractivity contribution in [2.45, 2.75) is 51.5 Å². The van der Waals surface area contributed by atoms with Crippen molar-refractivity contribution in [2.24, 2.45) is 5.84 Å². The maximum Gasteiger partial charge on any atom is 0.246 e. The number of aromatic nitrogens is 4. The second-order valence-corrected chi connectivity index (χ2v) is 10.1. The number of carbonyl (C=O) groups is 1. The number of aromatic amines is 1. The number of nitrogens with zero attached hydrogens (tertiary/aromatic N) is 5. The molecule has 10 nitrogen and oxygen atoms in total. The average molecular weight is 528 g/mol. The third-order valence-electron chi connectivity index (χ3n) is 7.10. The smallest absolute Gasteiger partial charge is 0.246 e. The van der Waals surface area contributed by atoms with Crippen molar-refractivity contribution < 1.29 is 9.18 Å². The maximum absolute atomic E-state index is 15.4. The van der Waals surface area contributed by atoms with Gasteiger partial charge in [0.05, 0.1) is 17.9 Å². The molecule has 1 unspecified atom stereocenters. The summed E-state index contributed by atoms with van der Waals surface area (Å²) in [6.07, 6.45) is 4.94. The first-order chi connectivity index (χ1) is 17.8. The van der Waals surface area contributed by atoms with Gasteiger partial charge in [0.25, 0.3) is 0 Å². The highest BCUT2D eigenvalue weighted by Crippen LogP contribution is 2.35. The number of hydrogen-bond acceptors (Lipinski definition) is 8. The Morgan fingerprint density at radius 1 is 1.24 bits per heavy atom. The third-order valence-corrected chi connectivity index (χ3v) is 7.38. The minimum absolute atomic E-state index is 0.0558. The molecule has 2 fully saturated rings. The van der Waals surface area contributed by atoms with Crippen LogP contribution in [0.5, 0.6) is 0 Å². The van der Waals surface area contributed by atoms with E-state index in [1.165, 1.54) is 6.20 Å². The lowest BCUT2D eigenvalue weighted by Gasteiger charge is -2.34. The van der Waals surface area contributed by atoms with E-state index in [1.54, 1.807) is 18.2 Å². The number of carbonyl (C=O) groups excluding carboxylic acids is 1. The molecule has 2 aliphatic heterocycles. The SMILES string of the molecule is Cc1cc(Nc2nc(N(N)c3cc(C)c(C4CCN(C(=O)C5CCCN5)CC4)cc3F)ncc2Cl)n[nH]1. The first-order valence-electron chi connectivity index (χ1n) is 12.5. The second-order valence-electron chi connectivity index (χ2n) is 9.71. The molecule has 0 radical (unpaired) electrons. The van der Waals surface area contributed by atoms with Crippen molar-refractivity contribution in [1.29, 1.82) is 0 Å². The molecule has 1 atom stereocenters. The van der Waals surface area contributed by atoms with Gasteiger partial charge in [0.1, 0.15) is 10.8 Å². The van der Waals surface area contributed by atoms with Crippen LogP contribution in [0.3, 0.4) is 0 Å². The molecule has 0 saturated carbocycles. The minimum Gasteiger partial charge on any atom is -0.341 e. The van der Waals surface area contributed by atoms with E-state index < -0.39 is 5.82 Å². The van der Waals surface area contributed by atoms with Gasteiger partial charge in [0, 0.05) is 24.8 Å². The van der Waals surface area contributed by atoms with Gasteiger partial charge in [-0.1, -0.05) is 11.6 Å². The topological polar surface area (TPSA) is 128 Å². The van der Waals surface area contributed by atoms with Crippen molar-refractivity contribution in [3.63, 3.8) is 0 Å². The molecule has 196 valence electrons. The molecule has 1 aromatic carbocycles. The fraction of sp³-hybridized carbons (Fsp3) is 0.440. The number of nitrogens with one attached hydrogen (secondary N) is 3. The number of rotatable bonds is 6. The highest BCUT2D eigenvalue weighted by Gasteiger charge is 2.31. The van der Waals surface area contributed by atoms with E-state index in [0.717, 1.165) is 54.1 Å². The van der Waals surface area contributed by atoms with Crippen LogP contribution in [0.1, 0.15) is 48.4 Å². The number of hydrogen-bond donors (Lipinski definition) is 4. The van der Waals surface area contributed by atoms with Crippen LogP contribution in [-0.2, 0) is 4.79 Å². The molecule has 2 aromatic heterocycles. The molecule has 0 spiro atoms. The summed E-state index contributed by atoms with van der Waals surface area (Å²) in [6, 6.07) is 5.01. The molecule has 4 heterocycles. The number of piperidine rings is 1. The van der Waals surface area contributed by atoms with Gasteiger partial charge in [-0.3, -0.25) is 9.89 Å². The molecule has 1 amide bonds. The largest absolute Gasteiger partial charge is 0.341 e. The van der Waals surface area contributed by atoms with Crippen molar-refractivity contribution in [1.82, 2.24) is 30.4 Å². The van der Waals surface area contributed by atoms with E-state index in [2.05, 4.69) is 30.8 Å². The quantitative estimate of drug-likeness (QED) is 0.281. The number of nitrogens with two attached hydrogens (primary N) is 1. The van der Waals surface area contributed by atoms with Crippen molar-refractivity contribution in [3.8, 4) is 0 Å². The maximum atomic E-state index is 15.4. The lowest BCUT2D eigenvalue weighted by molar-refractivity contribution is -0.134. The summed E-state index contributed by atoms with van der Waals surface area (Å²) in [5.41, 5.74) is 2.89. The summed E-state index contributed by atoms with van der Waals surface area (Å²) < 4.78 is 15.4. The molecule has 0 aliphatic carbocycles. The van der Waals surface area contributed by atoms with E-state index in [1.807, 2.05) is 18.7 Å². The fourth-order valence-corrected chi connectivity index (χ4v) is 5.24. The summed E-state index contributed by atoms with van der Waals surface area (Å²) in [7, 11) is 0. The zero-order valence-corrected chi connectivity index (χ0v) is 21.6. The van der Waals surface area contributed by atoms with Gasteiger partial charge in [-0.2, -0.15) is 10.1 Å². The predicted octanol–water partition coefficient (Wildman–Crippen LogP) is 3.82. The molecule has 37 heavy (non-hydrogen) atoms. The normalized spacial score (nSPS) is 18.3. The summed E-state index contributed by atoms with van der Waals surface area (Å²) in [5, 5.41) is 14.6. The van der Waals surface area contributed by atoms with Gasteiger partial charge in [0.2, 0.25) is 11.9 Å². The van der Waals surface area contributed by atoms with Crippen molar-refractivity contribution >= 4 is 40.8 Å². The van der Waals surface area contributed by atoms with Crippen LogP contribution >= 0.6 is 11.6 Å². The molecule has 2 saturated heterocycles. The van der Waals surface area contributed by atoms with Crippen LogP contribution in [0.2, 0.25) is 5.02 Å². The van der Waals surface area contributed by atoms with E-state index in [-0.39, 0.29) is 34.5 Å². The highest BCUT2D eigenvalue weighted by atomic mass is 35.5. The standard InChI is InChI=1S/C25H31ClFN9O/c1-14-10-21(36(28)25-30-13-18(26)23(32-25)31-22-11-15(2)33-34-22)19(27)12-17(14)16-5-8-35(9-6-16)24(37)20-4-3-7-29-20/h10-13,16,20,29H,3-9,28H2,1-2H3,(H2,30,31,32,33,34). The Bertz CT molecular complexity index is 1290. The number of halogens is 2. The van der Waals surface area contributed by atoms with Gasteiger partial charge in [-0.05, 0) is 75.3 Å². The zero-order chi connectivity index (χ0) is 26.1. The number of anilines is 4. The summed E-state index contributed by atoms with van der Waals surface area (Å²) in [4.78, 5) is 23.2. The molecule has 12 heteroatoms. The molecule has 3 aromatic rings. The molecule has 5 rings (SSSR count). The highest BCUT2D eigenvalue weighted by molar-refractivity contribution is 6.32. The molecular weight excluding hydrogens is 497 g/mol. The van der Waals surface area contributed by atoms with E-state index in [0.29, 0.717) is 24.7 Å². The number of likely N-dealkylation sites (tertiary alicyclic amines) is 1. The Balaban J connectivity index is 1.30. The fourth-order valence-electron chi connectivity index (χ4n) is 5.11. The van der Waals surface area contributed by atoms with E-state index >= 15 is 4.39 Å². The first kappa shape index (κ1) is 25.4. The minimum atomic E-state index is -0.465. The van der Waals surface area contributed by atoms with Crippen LogP contribution in [-0.4, -0.2) is 56.6 Å². The zero-order valence-electron chi connectivity index (χ0n) is 20.9. The molecule has 5 N–H and O–H groups in total. The Kier molecular flexibility index (Phi) is 7.27. The van der Waals surface area contributed by atoms with Crippen LogP contribution in [0.15, 0.2) is 24.4 Å². The van der Waals surface area contributed by atoms with Crippen LogP contribution in [0.4, 0.5) is 27.7 Å². The Morgan fingerprint density at radius 2 is 2.03 bits per heavy atom. The summed E-state index contributed by atoms with van der Waals surface area (Å²) in [6.45, 7) is 6.08. The monoisotopic (exact) mass is 527 g/mol. The number of H-pyrrole nitrogens is 1. The van der Waals surface area contributed by atoms with Crippen LogP contribution in [0.25, 0.3) is 0 Å².